The number of rotatable bonds is 5. The smallest absolute Gasteiger partial charge is 0.264 e. The van der Waals surface area contributed by atoms with Crippen LogP contribution in [-0.2, 0) is 10.0 Å². The molecule has 0 aliphatic carbocycles. The van der Waals surface area contributed by atoms with Crippen molar-refractivity contribution < 1.29 is 8.42 Å². The zero-order valence-electron chi connectivity index (χ0n) is 11.6. The summed E-state index contributed by atoms with van der Waals surface area (Å²) in [5, 5.41) is 3.19. The summed E-state index contributed by atoms with van der Waals surface area (Å²) in [4.78, 5) is 8.09. The molecule has 2 heterocycles. The lowest BCUT2D eigenvalue weighted by atomic mass is 10.4. The first-order chi connectivity index (χ1) is 9.92. The van der Waals surface area contributed by atoms with E-state index in [1.165, 1.54) is 12.3 Å². The van der Waals surface area contributed by atoms with Crippen molar-refractivity contribution in [3.05, 3.63) is 41.2 Å². The molecule has 2 aromatic rings. The first-order valence-corrected chi connectivity index (χ1v) is 8.14. The van der Waals surface area contributed by atoms with Gasteiger partial charge in [0.05, 0.1) is 5.02 Å². The molecule has 8 heteroatoms. The lowest BCUT2D eigenvalue weighted by molar-refractivity contribution is 0.600. The molecule has 21 heavy (non-hydrogen) atoms. The summed E-state index contributed by atoms with van der Waals surface area (Å²) >= 11 is 6.01. The molecule has 112 valence electrons. The first-order valence-electron chi connectivity index (χ1n) is 6.28. The minimum atomic E-state index is -3.77. The zero-order chi connectivity index (χ0) is 15.5. The number of nitrogens with zero attached hydrogens (tertiary/aromatic N) is 2. The van der Waals surface area contributed by atoms with Gasteiger partial charge in [-0.25, -0.2) is 18.4 Å². The highest BCUT2D eigenvalue weighted by atomic mass is 35.5. The summed E-state index contributed by atoms with van der Waals surface area (Å²) in [5.74, 6) is 0.702. The third-order valence-corrected chi connectivity index (χ3v) is 4.21. The van der Waals surface area contributed by atoms with E-state index in [9.17, 15) is 8.42 Å². The van der Waals surface area contributed by atoms with E-state index in [1.807, 2.05) is 6.92 Å². The molecule has 2 N–H and O–H groups in total. The number of pyridine rings is 2. The van der Waals surface area contributed by atoms with Crippen molar-refractivity contribution in [2.75, 3.05) is 16.6 Å². The molecule has 0 saturated carbocycles. The fourth-order valence-electron chi connectivity index (χ4n) is 1.66. The first kappa shape index (κ1) is 15.5. The summed E-state index contributed by atoms with van der Waals surface area (Å²) < 4.78 is 26.9. The Bertz CT molecular complexity index is 750. The van der Waals surface area contributed by atoms with Crippen LogP contribution in [0.5, 0.6) is 0 Å². The van der Waals surface area contributed by atoms with Crippen LogP contribution in [0.25, 0.3) is 0 Å². The van der Waals surface area contributed by atoms with Gasteiger partial charge in [-0.1, -0.05) is 17.7 Å². The summed E-state index contributed by atoms with van der Waals surface area (Å²) in [6.07, 6.45) is 1.25. The normalized spacial score (nSPS) is 11.2. The predicted octanol–water partition coefficient (Wildman–Crippen LogP) is 2.67. The second kappa shape index (κ2) is 6.28. The topological polar surface area (TPSA) is 84.0 Å². The Labute approximate surface area is 128 Å². The minimum absolute atomic E-state index is 0.0162. The second-order valence-corrected chi connectivity index (χ2v) is 6.39. The van der Waals surface area contributed by atoms with Gasteiger partial charge >= 0.3 is 0 Å². The zero-order valence-corrected chi connectivity index (χ0v) is 13.2. The van der Waals surface area contributed by atoms with Crippen molar-refractivity contribution in [1.29, 1.82) is 0 Å². The summed E-state index contributed by atoms with van der Waals surface area (Å²) in [7, 11) is -3.77. The van der Waals surface area contributed by atoms with Crippen molar-refractivity contribution in [1.82, 2.24) is 9.97 Å². The molecule has 0 bridgehead atoms. The number of hydrogen-bond acceptors (Lipinski definition) is 5. The Balaban J connectivity index is 2.29. The van der Waals surface area contributed by atoms with Gasteiger partial charge in [0.15, 0.2) is 0 Å². The Morgan fingerprint density at radius 3 is 2.71 bits per heavy atom. The standard InChI is InChI=1S/C13H15ClN4O2S/c1-3-15-13-11(14)7-10(8-16-13)21(19,20)18-12-6-4-5-9(2)17-12/h4-8H,3H2,1-2H3,(H,15,16)(H,17,18). The van der Waals surface area contributed by atoms with Gasteiger partial charge in [0, 0.05) is 18.4 Å². The lowest BCUT2D eigenvalue weighted by Crippen LogP contribution is -2.15. The van der Waals surface area contributed by atoms with Crippen LogP contribution in [0.15, 0.2) is 35.4 Å². The van der Waals surface area contributed by atoms with Crippen LogP contribution in [0.3, 0.4) is 0 Å². The molecule has 0 aliphatic rings. The van der Waals surface area contributed by atoms with Crippen molar-refractivity contribution in [3.63, 3.8) is 0 Å². The average Bonchev–Trinajstić information content (AvgIpc) is 2.40. The van der Waals surface area contributed by atoms with E-state index in [4.69, 9.17) is 11.6 Å². The van der Waals surface area contributed by atoms with E-state index in [0.717, 1.165) is 0 Å². The fraction of sp³-hybridized carbons (Fsp3) is 0.231. The number of nitrogens with one attached hydrogen (secondary N) is 2. The third kappa shape index (κ3) is 3.83. The second-order valence-electron chi connectivity index (χ2n) is 4.30. The van der Waals surface area contributed by atoms with E-state index in [0.29, 0.717) is 18.1 Å². The summed E-state index contributed by atoms with van der Waals surface area (Å²) in [6.45, 7) is 4.32. The Morgan fingerprint density at radius 1 is 1.33 bits per heavy atom. The maximum absolute atomic E-state index is 12.3. The highest BCUT2D eigenvalue weighted by Crippen LogP contribution is 2.23. The molecular formula is C13H15ClN4O2S. The van der Waals surface area contributed by atoms with Crippen LogP contribution in [0, 0.1) is 6.92 Å². The monoisotopic (exact) mass is 326 g/mol. The third-order valence-electron chi connectivity index (χ3n) is 2.60. The summed E-state index contributed by atoms with van der Waals surface area (Å²) in [6, 6.07) is 6.43. The quantitative estimate of drug-likeness (QED) is 0.882. The highest BCUT2D eigenvalue weighted by Gasteiger charge is 2.17. The molecule has 0 saturated heterocycles. The van der Waals surface area contributed by atoms with Crippen molar-refractivity contribution >= 4 is 33.3 Å². The molecule has 0 atom stereocenters. The number of hydrogen-bond donors (Lipinski definition) is 2. The SMILES string of the molecule is CCNc1ncc(S(=O)(=O)Nc2cccc(C)n2)cc1Cl. The molecule has 6 nitrogen and oxygen atoms in total. The van der Waals surface area contributed by atoms with Crippen LogP contribution >= 0.6 is 11.6 Å². The van der Waals surface area contributed by atoms with Crippen LogP contribution in [0.1, 0.15) is 12.6 Å². The van der Waals surface area contributed by atoms with E-state index >= 15 is 0 Å². The maximum Gasteiger partial charge on any atom is 0.264 e. The van der Waals surface area contributed by atoms with Gasteiger partial charge in [0.1, 0.15) is 16.5 Å². The van der Waals surface area contributed by atoms with Gasteiger partial charge in [-0.15, -0.1) is 0 Å². The predicted molar refractivity (Wildman–Crippen MR) is 83.2 cm³/mol. The maximum atomic E-state index is 12.3. The van der Waals surface area contributed by atoms with Crippen LogP contribution in [0.2, 0.25) is 5.02 Å². The van der Waals surface area contributed by atoms with Crippen molar-refractivity contribution in [3.8, 4) is 0 Å². The molecule has 0 aromatic carbocycles. The molecular weight excluding hydrogens is 312 g/mol. The molecule has 2 aromatic heterocycles. The van der Waals surface area contributed by atoms with Crippen LogP contribution in [-0.4, -0.2) is 24.9 Å². The summed E-state index contributed by atoms with van der Waals surface area (Å²) in [5.41, 5.74) is 0.717. The molecule has 0 amide bonds. The van der Waals surface area contributed by atoms with Gasteiger partial charge < -0.3 is 5.32 Å². The van der Waals surface area contributed by atoms with E-state index < -0.39 is 10.0 Å². The number of anilines is 2. The van der Waals surface area contributed by atoms with Gasteiger partial charge in [-0.2, -0.15) is 0 Å². The van der Waals surface area contributed by atoms with Gasteiger partial charge in [0.2, 0.25) is 0 Å². The van der Waals surface area contributed by atoms with Gasteiger partial charge in [0.25, 0.3) is 10.0 Å². The number of aryl methyl sites for hydroxylation is 1. The van der Waals surface area contributed by atoms with Crippen LogP contribution < -0.4 is 10.0 Å². The Kier molecular flexibility index (Phi) is 4.64. The van der Waals surface area contributed by atoms with E-state index in [1.54, 1.807) is 25.1 Å². The lowest BCUT2D eigenvalue weighted by Gasteiger charge is -2.10. The number of halogens is 1. The number of aromatic nitrogens is 2. The Hall–Kier alpha value is -1.86. The van der Waals surface area contributed by atoms with Gasteiger partial charge in [-0.05, 0) is 32.0 Å². The number of sulfonamides is 1. The minimum Gasteiger partial charge on any atom is -0.369 e. The molecule has 0 aliphatic heterocycles. The molecule has 0 radical (unpaired) electrons. The van der Waals surface area contributed by atoms with E-state index in [2.05, 4.69) is 20.0 Å². The highest BCUT2D eigenvalue weighted by molar-refractivity contribution is 7.92. The average molecular weight is 327 g/mol. The van der Waals surface area contributed by atoms with Crippen LogP contribution in [0.4, 0.5) is 11.6 Å². The van der Waals surface area contributed by atoms with Gasteiger partial charge in [-0.3, -0.25) is 4.72 Å². The fourth-order valence-corrected chi connectivity index (χ4v) is 2.93. The van der Waals surface area contributed by atoms with Crippen molar-refractivity contribution in [2.45, 2.75) is 18.7 Å². The van der Waals surface area contributed by atoms with Crippen molar-refractivity contribution in [2.24, 2.45) is 0 Å². The molecule has 0 fully saturated rings. The largest absolute Gasteiger partial charge is 0.369 e. The molecule has 2 rings (SSSR count). The molecule has 0 unspecified atom stereocenters. The van der Waals surface area contributed by atoms with E-state index in [-0.39, 0.29) is 15.7 Å². The Morgan fingerprint density at radius 2 is 2.10 bits per heavy atom. The molecule has 0 spiro atoms.